The second-order valence-electron chi connectivity index (χ2n) is 7.69. The van der Waals surface area contributed by atoms with Crippen molar-refractivity contribution in [1.82, 2.24) is 10.4 Å². The first kappa shape index (κ1) is 16.3. The zero-order valence-electron chi connectivity index (χ0n) is 15.2. The van der Waals surface area contributed by atoms with Crippen LogP contribution < -0.4 is 10.2 Å². The van der Waals surface area contributed by atoms with Gasteiger partial charge in [-0.15, -0.1) is 0 Å². The Morgan fingerprint density at radius 3 is 2.65 bits per heavy atom. The van der Waals surface area contributed by atoms with E-state index in [0.29, 0.717) is 18.6 Å². The number of hydrogen-bond donors (Lipinski definition) is 1. The zero-order chi connectivity index (χ0) is 17.3. The Kier molecular flexibility index (Phi) is 4.41. The summed E-state index contributed by atoms with van der Waals surface area (Å²) < 4.78 is 0. The molecule has 0 amide bonds. The lowest BCUT2D eigenvalue weighted by Crippen LogP contribution is -2.43. The molecule has 2 atom stereocenters. The van der Waals surface area contributed by atoms with E-state index in [4.69, 9.17) is 4.84 Å². The molecule has 2 aromatic carbocycles. The van der Waals surface area contributed by atoms with E-state index in [2.05, 4.69) is 63.8 Å². The fourth-order valence-corrected chi connectivity index (χ4v) is 4.74. The first-order valence-electron chi connectivity index (χ1n) is 9.91. The van der Waals surface area contributed by atoms with Gasteiger partial charge >= 0.3 is 0 Å². The fraction of sp³-hybridized carbons (Fsp3) is 0.455. The zero-order valence-corrected chi connectivity index (χ0v) is 15.2. The Labute approximate surface area is 155 Å². The maximum Gasteiger partial charge on any atom is 0.0936 e. The number of fused-ring (bicyclic) bond motifs is 5. The Bertz CT molecular complexity index is 757. The number of nitrogens with one attached hydrogen (secondary N) is 1. The Balaban J connectivity index is 1.35. The van der Waals surface area contributed by atoms with Crippen LogP contribution in [0, 0.1) is 0 Å². The number of anilines is 1. The number of hydroxylamine groups is 2. The summed E-state index contributed by atoms with van der Waals surface area (Å²) in [4.78, 5) is 8.76. The quantitative estimate of drug-likeness (QED) is 0.915. The van der Waals surface area contributed by atoms with Gasteiger partial charge in [-0.25, -0.2) is 0 Å². The third kappa shape index (κ3) is 3.02. The van der Waals surface area contributed by atoms with Gasteiger partial charge in [0.15, 0.2) is 0 Å². The van der Waals surface area contributed by atoms with E-state index in [1.807, 2.05) is 0 Å². The summed E-state index contributed by atoms with van der Waals surface area (Å²) in [7, 11) is 0. The smallest absolute Gasteiger partial charge is 0.0936 e. The van der Waals surface area contributed by atoms with Crippen molar-refractivity contribution >= 4 is 5.69 Å². The van der Waals surface area contributed by atoms with Crippen LogP contribution in [0.1, 0.15) is 41.5 Å². The van der Waals surface area contributed by atoms with Crippen LogP contribution in [0.15, 0.2) is 48.5 Å². The summed E-state index contributed by atoms with van der Waals surface area (Å²) >= 11 is 0. The molecule has 2 heterocycles. The Hall–Kier alpha value is -1.88. The van der Waals surface area contributed by atoms with Gasteiger partial charge in [0, 0.05) is 38.4 Å². The van der Waals surface area contributed by atoms with Crippen LogP contribution in [0.5, 0.6) is 0 Å². The van der Waals surface area contributed by atoms with Gasteiger partial charge in [0.05, 0.1) is 12.6 Å². The molecule has 5 rings (SSSR count). The Morgan fingerprint density at radius 1 is 0.962 bits per heavy atom. The minimum absolute atomic E-state index is 0.412. The molecule has 2 unspecified atom stereocenters. The number of benzene rings is 2. The van der Waals surface area contributed by atoms with Crippen molar-refractivity contribution in [1.29, 1.82) is 0 Å². The molecule has 0 radical (unpaired) electrons. The van der Waals surface area contributed by atoms with E-state index >= 15 is 0 Å². The van der Waals surface area contributed by atoms with Gasteiger partial charge in [-0.1, -0.05) is 36.4 Å². The number of piperidine rings is 1. The molecule has 1 N–H and O–H groups in total. The van der Waals surface area contributed by atoms with Crippen LogP contribution in [0.25, 0.3) is 0 Å². The predicted octanol–water partition coefficient (Wildman–Crippen LogP) is 3.46. The molecule has 3 aliphatic rings. The summed E-state index contributed by atoms with van der Waals surface area (Å²) in [6.45, 7) is 6.04. The van der Waals surface area contributed by atoms with Crippen molar-refractivity contribution in [2.45, 2.75) is 31.4 Å². The highest BCUT2D eigenvalue weighted by Gasteiger charge is 2.39. The van der Waals surface area contributed by atoms with Crippen molar-refractivity contribution in [3.63, 3.8) is 0 Å². The van der Waals surface area contributed by atoms with Crippen LogP contribution in [-0.4, -0.2) is 37.8 Å². The number of nitrogens with zero attached hydrogens (tertiary/aromatic N) is 2. The molecule has 2 aliphatic heterocycles. The molecule has 2 bridgehead atoms. The standard InChI is InChI=1S/C22H27N3O/c1-2-4-17(5-3-1)16-26-25-11-8-18-14-22(25)21-15-19(6-7-20(18)21)24-12-9-23-10-13-24/h1-7,15,18,22-23H,8-14,16H2. The lowest BCUT2D eigenvalue weighted by Gasteiger charge is -2.33. The highest BCUT2D eigenvalue weighted by molar-refractivity contribution is 5.55. The minimum Gasteiger partial charge on any atom is -0.369 e. The topological polar surface area (TPSA) is 27.7 Å². The second-order valence-corrected chi connectivity index (χ2v) is 7.69. The lowest BCUT2D eigenvalue weighted by atomic mass is 9.96. The van der Waals surface area contributed by atoms with Gasteiger partial charge in [0.2, 0.25) is 0 Å². The van der Waals surface area contributed by atoms with E-state index in [0.717, 1.165) is 32.7 Å². The van der Waals surface area contributed by atoms with Crippen molar-refractivity contribution in [3.05, 3.63) is 65.2 Å². The van der Waals surface area contributed by atoms with E-state index < -0.39 is 0 Å². The highest BCUT2D eigenvalue weighted by atomic mass is 16.7. The third-order valence-electron chi connectivity index (χ3n) is 6.14. The molecule has 4 heteroatoms. The molecule has 4 nitrogen and oxygen atoms in total. The molecule has 2 aromatic rings. The average molecular weight is 349 g/mol. The van der Waals surface area contributed by atoms with Gasteiger partial charge in [-0.3, -0.25) is 4.84 Å². The monoisotopic (exact) mass is 349 g/mol. The molecule has 136 valence electrons. The van der Waals surface area contributed by atoms with Crippen LogP contribution in [0.3, 0.4) is 0 Å². The molecule has 2 saturated heterocycles. The van der Waals surface area contributed by atoms with Crippen molar-refractivity contribution in [3.8, 4) is 0 Å². The Morgan fingerprint density at radius 2 is 1.81 bits per heavy atom. The van der Waals surface area contributed by atoms with E-state index in [-0.39, 0.29) is 0 Å². The van der Waals surface area contributed by atoms with Gasteiger partial charge in [0.25, 0.3) is 0 Å². The van der Waals surface area contributed by atoms with Crippen LogP contribution in [0.2, 0.25) is 0 Å². The highest BCUT2D eigenvalue weighted by Crippen LogP contribution is 2.50. The van der Waals surface area contributed by atoms with E-state index in [9.17, 15) is 0 Å². The number of rotatable bonds is 4. The molecule has 1 aliphatic carbocycles. The average Bonchev–Trinajstić information content (AvgIpc) is 3.01. The summed E-state index contributed by atoms with van der Waals surface area (Å²) in [5.41, 5.74) is 5.67. The maximum atomic E-state index is 6.25. The maximum absolute atomic E-state index is 6.25. The van der Waals surface area contributed by atoms with Crippen LogP contribution in [0.4, 0.5) is 5.69 Å². The molecule has 0 aromatic heterocycles. The van der Waals surface area contributed by atoms with Crippen LogP contribution in [-0.2, 0) is 11.4 Å². The van der Waals surface area contributed by atoms with Gasteiger partial charge in [0.1, 0.15) is 0 Å². The summed E-state index contributed by atoms with van der Waals surface area (Å²) in [6.07, 6.45) is 2.40. The number of piperazine rings is 1. The summed E-state index contributed by atoms with van der Waals surface area (Å²) in [6, 6.07) is 18.1. The number of hydrogen-bond acceptors (Lipinski definition) is 4. The summed E-state index contributed by atoms with van der Waals surface area (Å²) in [5.74, 6) is 0.712. The molecule has 2 fully saturated rings. The molecular formula is C22H27N3O. The van der Waals surface area contributed by atoms with Crippen LogP contribution >= 0.6 is 0 Å². The minimum atomic E-state index is 0.412. The van der Waals surface area contributed by atoms with E-state index in [1.54, 1.807) is 5.56 Å². The lowest BCUT2D eigenvalue weighted by molar-refractivity contribution is -0.207. The van der Waals surface area contributed by atoms with Gasteiger partial charge < -0.3 is 10.2 Å². The first-order valence-corrected chi connectivity index (χ1v) is 9.91. The largest absolute Gasteiger partial charge is 0.369 e. The normalized spacial score (nSPS) is 25.3. The fourth-order valence-electron chi connectivity index (χ4n) is 4.74. The SMILES string of the molecule is c1ccc(CON2CCC3CC2c2cc(N4CCNCC4)ccc23)cc1. The van der Waals surface area contributed by atoms with Gasteiger partial charge in [-0.05, 0) is 47.6 Å². The molecule has 0 spiro atoms. The van der Waals surface area contributed by atoms with Crippen molar-refractivity contribution in [2.24, 2.45) is 0 Å². The molecular weight excluding hydrogens is 322 g/mol. The predicted molar refractivity (Wildman–Crippen MR) is 104 cm³/mol. The second kappa shape index (κ2) is 7.03. The third-order valence-corrected chi connectivity index (χ3v) is 6.14. The molecule has 26 heavy (non-hydrogen) atoms. The summed E-state index contributed by atoms with van der Waals surface area (Å²) in [5, 5.41) is 5.69. The van der Waals surface area contributed by atoms with Crippen molar-refractivity contribution < 1.29 is 4.84 Å². The van der Waals surface area contributed by atoms with Gasteiger partial charge in [-0.2, -0.15) is 5.06 Å². The first-order chi connectivity index (χ1) is 12.9. The van der Waals surface area contributed by atoms with Crippen molar-refractivity contribution in [2.75, 3.05) is 37.6 Å². The van der Waals surface area contributed by atoms with E-state index in [1.165, 1.54) is 29.7 Å². The molecule has 0 saturated carbocycles.